The van der Waals surface area contributed by atoms with Crippen LogP contribution in [0.2, 0.25) is 5.02 Å². The first-order valence-electron chi connectivity index (χ1n) is 7.03. The van der Waals surface area contributed by atoms with Crippen molar-refractivity contribution in [3.63, 3.8) is 0 Å². The first kappa shape index (κ1) is 16.5. The number of benzene rings is 2. The molecule has 0 saturated heterocycles. The molecule has 0 heterocycles. The van der Waals surface area contributed by atoms with E-state index in [0.717, 1.165) is 30.0 Å². The molecule has 1 N–H and O–H groups in total. The predicted octanol–water partition coefficient (Wildman–Crippen LogP) is 5.53. The number of halogens is 3. The minimum atomic E-state index is -0.233. The van der Waals surface area contributed by atoms with Crippen molar-refractivity contribution in [2.45, 2.75) is 25.8 Å². The van der Waals surface area contributed by atoms with Crippen molar-refractivity contribution in [1.82, 2.24) is 5.32 Å². The van der Waals surface area contributed by atoms with E-state index in [1.807, 2.05) is 36.4 Å². The van der Waals surface area contributed by atoms with E-state index < -0.39 is 0 Å². The maximum absolute atomic E-state index is 13.3. The Bertz CT molecular complexity index is 586. The van der Waals surface area contributed by atoms with Crippen LogP contribution in [0.4, 0.5) is 4.39 Å². The van der Waals surface area contributed by atoms with Crippen molar-refractivity contribution in [2.24, 2.45) is 0 Å². The Morgan fingerprint density at radius 3 is 2.52 bits per heavy atom. The molecular weight excluding hydrogens is 353 g/mol. The zero-order valence-electron chi connectivity index (χ0n) is 11.9. The van der Waals surface area contributed by atoms with Gasteiger partial charge >= 0.3 is 0 Å². The summed E-state index contributed by atoms with van der Waals surface area (Å²) >= 11 is 9.19. The van der Waals surface area contributed by atoms with Crippen LogP contribution in [0.3, 0.4) is 0 Å². The van der Waals surface area contributed by atoms with Crippen molar-refractivity contribution in [2.75, 3.05) is 6.54 Å². The standard InChI is InChI=1S/C17H18BrClFN/c1-2-9-21-17(13-4-6-14(19)7-5-13)11-12-3-8-16(20)15(18)10-12/h3-8,10,17,21H,2,9,11H2,1H3. The summed E-state index contributed by atoms with van der Waals surface area (Å²) in [6, 6.07) is 13.2. The number of rotatable bonds is 6. The molecule has 0 radical (unpaired) electrons. The lowest BCUT2D eigenvalue weighted by Crippen LogP contribution is -2.24. The molecule has 0 fully saturated rings. The van der Waals surface area contributed by atoms with Crippen LogP contribution in [0.5, 0.6) is 0 Å². The molecule has 0 amide bonds. The third kappa shape index (κ3) is 4.80. The van der Waals surface area contributed by atoms with Gasteiger partial charge in [-0.2, -0.15) is 0 Å². The van der Waals surface area contributed by atoms with Gasteiger partial charge in [0.15, 0.2) is 0 Å². The highest BCUT2D eigenvalue weighted by Gasteiger charge is 2.12. The molecule has 1 nitrogen and oxygen atoms in total. The van der Waals surface area contributed by atoms with Crippen LogP contribution in [-0.4, -0.2) is 6.54 Å². The molecule has 0 aliphatic rings. The zero-order chi connectivity index (χ0) is 15.2. The maximum atomic E-state index is 13.3. The first-order chi connectivity index (χ1) is 10.1. The topological polar surface area (TPSA) is 12.0 Å². The number of hydrogen-bond acceptors (Lipinski definition) is 1. The van der Waals surface area contributed by atoms with Crippen molar-refractivity contribution in [3.05, 3.63) is 68.9 Å². The van der Waals surface area contributed by atoms with E-state index in [-0.39, 0.29) is 11.9 Å². The summed E-state index contributed by atoms with van der Waals surface area (Å²) in [4.78, 5) is 0. The van der Waals surface area contributed by atoms with Gasteiger partial charge in [-0.1, -0.05) is 36.7 Å². The molecule has 2 rings (SSSR count). The first-order valence-corrected chi connectivity index (χ1v) is 8.20. The summed E-state index contributed by atoms with van der Waals surface area (Å²) in [5.74, 6) is -0.233. The smallest absolute Gasteiger partial charge is 0.137 e. The second kappa shape index (κ2) is 7.92. The Balaban J connectivity index is 2.19. The summed E-state index contributed by atoms with van der Waals surface area (Å²) in [6.07, 6.45) is 1.87. The molecule has 2 aromatic carbocycles. The highest BCUT2D eigenvalue weighted by molar-refractivity contribution is 9.10. The fourth-order valence-electron chi connectivity index (χ4n) is 2.22. The average Bonchev–Trinajstić information content (AvgIpc) is 2.48. The molecule has 0 aliphatic heterocycles. The van der Waals surface area contributed by atoms with E-state index in [1.165, 1.54) is 11.6 Å². The van der Waals surface area contributed by atoms with Gasteiger partial charge in [-0.15, -0.1) is 0 Å². The average molecular weight is 371 g/mol. The van der Waals surface area contributed by atoms with Crippen LogP contribution < -0.4 is 5.32 Å². The van der Waals surface area contributed by atoms with E-state index in [2.05, 4.69) is 28.2 Å². The summed E-state index contributed by atoms with van der Waals surface area (Å²) in [5.41, 5.74) is 2.28. The van der Waals surface area contributed by atoms with E-state index in [9.17, 15) is 4.39 Å². The molecule has 21 heavy (non-hydrogen) atoms. The number of nitrogens with one attached hydrogen (secondary N) is 1. The van der Waals surface area contributed by atoms with Gasteiger partial charge in [0.2, 0.25) is 0 Å². The van der Waals surface area contributed by atoms with Crippen molar-refractivity contribution in [3.8, 4) is 0 Å². The summed E-state index contributed by atoms with van der Waals surface area (Å²) in [6.45, 7) is 3.08. The van der Waals surface area contributed by atoms with Crippen LogP contribution in [0.15, 0.2) is 46.9 Å². The minimum Gasteiger partial charge on any atom is -0.310 e. The van der Waals surface area contributed by atoms with Crippen molar-refractivity contribution < 1.29 is 4.39 Å². The van der Waals surface area contributed by atoms with Gasteiger partial charge in [0.1, 0.15) is 5.82 Å². The highest BCUT2D eigenvalue weighted by atomic mass is 79.9. The van der Waals surface area contributed by atoms with E-state index in [4.69, 9.17) is 11.6 Å². The Labute approximate surface area is 138 Å². The van der Waals surface area contributed by atoms with Gasteiger partial charge in [-0.05, 0) is 70.7 Å². The second-order valence-electron chi connectivity index (χ2n) is 5.01. The van der Waals surface area contributed by atoms with Crippen molar-refractivity contribution >= 4 is 27.5 Å². The van der Waals surface area contributed by atoms with Crippen LogP contribution in [0.1, 0.15) is 30.5 Å². The number of hydrogen-bond donors (Lipinski definition) is 1. The molecule has 0 aliphatic carbocycles. The predicted molar refractivity (Wildman–Crippen MR) is 90.3 cm³/mol. The van der Waals surface area contributed by atoms with Crippen LogP contribution in [0, 0.1) is 5.82 Å². The van der Waals surface area contributed by atoms with Crippen LogP contribution >= 0.6 is 27.5 Å². The second-order valence-corrected chi connectivity index (χ2v) is 6.30. The lowest BCUT2D eigenvalue weighted by atomic mass is 9.98. The van der Waals surface area contributed by atoms with E-state index >= 15 is 0 Å². The Morgan fingerprint density at radius 2 is 1.90 bits per heavy atom. The molecule has 2 aromatic rings. The molecule has 1 unspecified atom stereocenters. The molecule has 4 heteroatoms. The third-order valence-corrected chi connectivity index (χ3v) is 4.20. The Hall–Kier alpha value is -0.900. The molecule has 0 saturated carbocycles. The largest absolute Gasteiger partial charge is 0.310 e. The van der Waals surface area contributed by atoms with Crippen LogP contribution in [-0.2, 0) is 6.42 Å². The van der Waals surface area contributed by atoms with Gasteiger partial charge in [0.05, 0.1) is 4.47 Å². The third-order valence-electron chi connectivity index (χ3n) is 3.34. The quantitative estimate of drug-likeness (QED) is 0.705. The molecule has 0 bridgehead atoms. The lowest BCUT2D eigenvalue weighted by Gasteiger charge is -2.19. The van der Waals surface area contributed by atoms with Gasteiger partial charge in [0, 0.05) is 11.1 Å². The minimum absolute atomic E-state index is 0.194. The zero-order valence-corrected chi connectivity index (χ0v) is 14.2. The Kier molecular flexibility index (Phi) is 6.22. The van der Waals surface area contributed by atoms with E-state index in [0.29, 0.717) is 4.47 Å². The molecule has 112 valence electrons. The monoisotopic (exact) mass is 369 g/mol. The molecule has 1 atom stereocenters. The van der Waals surface area contributed by atoms with Crippen molar-refractivity contribution in [1.29, 1.82) is 0 Å². The molecule has 0 aromatic heterocycles. The van der Waals surface area contributed by atoms with E-state index in [1.54, 1.807) is 0 Å². The maximum Gasteiger partial charge on any atom is 0.137 e. The Morgan fingerprint density at radius 1 is 1.19 bits per heavy atom. The van der Waals surface area contributed by atoms with Gasteiger partial charge < -0.3 is 5.32 Å². The fourth-order valence-corrected chi connectivity index (χ4v) is 2.78. The lowest BCUT2D eigenvalue weighted by molar-refractivity contribution is 0.528. The van der Waals surface area contributed by atoms with Gasteiger partial charge in [-0.3, -0.25) is 0 Å². The summed E-state index contributed by atoms with van der Waals surface area (Å²) < 4.78 is 13.8. The summed E-state index contributed by atoms with van der Waals surface area (Å²) in [5, 5.41) is 4.27. The SMILES string of the molecule is CCCNC(Cc1ccc(F)c(Br)c1)c1ccc(Cl)cc1. The molecule has 0 spiro atoms. The molecular formula is C17H18BrClFN. The van der Waals surface area contributed by atoms with Gasteiger partial charge in [-0.25, -0.2) is 4.39 Å². The normalized spacial score (nSPS) is 12.4. The van der Waals surface area contributed by atoms with Crippen LogP contribution in [0.25, 0.3) is 0 Å². The fraction of sp³-hybridized carbons (Fsp3) is 0.294. The summed E-state index contributed by atoms with van der Waals surface area (Å²) in [7, 11) is 0. The highest BCUT2D eigenvalue weighted by Crippen LogP contribution is 2.23. The van der Waals surface area contributed by atoms with Gasteiger partial charge in [0.25, 0.3) is 0 Å².